The minimum Gasteiger partial charge on any atom is -0.440 e. The molecule has 0 aliphatic carbocycles. The average molecular weight is 283 g/mol. The number of rotatable bonds is 1. The van der Waals surface area contributed by atoms with Gasteiger partial charge in [0.1, 0.15) is 5.52 Å². The number of hydrogen-bond donors (Lipinski definition) is 1. The molecule has 0 radical (unpaired) electrons. The number of fused-ring (bicyclic) bond motifs is 1. The Morgan fingerprint density at radius 3 is 3.00 bits per heavy atom. The van der Waals surface area contributed by atoms with Crippen LogP contribution in [0, 0.1) is 0 Å². The third kappa shape index (κ3) is 1.65. The summed E-state index contributed by atoms with van der Waals surface area (Å²) in [5.41, 5.74) is 7.57. The van der Waals surface area contributed by atoms with Crippen molar-refractivity contribution in [2.24, 2.45) is 5.73 Å². The molecule has 1 aliphatic rings. The summed E-state index contributed by atoms with van der Waals surface area (Å²) in [6.07, 6.45) is 0. The van der Waals surface area contributed by atoms with E-state index in [1.165, 1.54) is 0 Å². The van der Waals surface area contributed by atoms with Gasteiger partial charge in [0, 0.05) is 10.5 Å². The predicted octanol–water partition coefficient (Wildman–Crippen LogP) is 2.03. The van der Waals surface area contributed by atoms with Gasteiger partial charge in [0.2, 0.25) is 5.89 Å². The highest BCUT2D eigenvalue weighted by molar-refractivity contribution is 9.10. The molecule has 2 heterocycles. The molecule has 4 nitrogen and oxygen atoms in total. The Morgan fingerprint density at radius 2 is 2.25 bits per heavy atom. The third-order valence-corrected chi connectivity index (χ3v) is 3.30. The molecule has 0 amide bonds. The van der Waals surface area contributed by atoms with Gasteiger partial charge in [-0.2, -0.15) is 0 Å². The summed E-state index contributed by atoms with van der Waals surface area (Å²) in [5.74, 6) is 0.754. The topological polar surface area (TPSA) is 61.3 Å². The van der Waals surface area contributed by atoms with Crippen LogP contribution in [-0.4, -0.2) is 24.2 Å². The van der Waals surface area contributed by atoms with E-state index in [1.54, 1.807) is 0 Å². The number of ether oxygens (including phenoxy) is 1. The third-order valence-electron chi connectivity index (χ3n) is 2.81. The number of hydrogen-bond acceptors (Lipinski definition) is 4. The second kappa shape index (κ2) is 3.84. The van der Waals surface area contributed by atoms with Crippen LogP contribution < -0.4 is 5.73 Å². The molecule has 1 aliphatic heterocycles. The van der Waals surface area contributed by atoms with Crippen molar-refractivity contribution in [2.45, 2.75) is 12.0 Å². The number of halogens is 1. The lowest BCUT2D eigenvalue weighted by atomic mass is 10.1. The number of benzene rings is 1. The Bertz CT molecular complexity index is 526. The highest BCUT2D eigenvalue weighted by atomic mass is 79.9. The zero-order valence-corrected chi connectivity index (χ0v) is 10.1. The summed E-state index contributed by atoms with van der Waals surface area (Å²) in [7, 11) is 0. The van der Waals surface area contributed by atoms with E-state index in [1.807, 2.05) is 18.2 Å². The van der Waals surface area contributed by atoms with Crippen molar-refractivity contribution in [3.63, 3.8) is 0 Å². The lowest BCUT2D eigenvalue weighted by Crippen LogP contribution is -2.26. The van der Waals surface area contributed by atoms with Gasteiger partial charge in [-0.1, -0.05) is 15.9 Å². The van der Waals surface area contributed by atoms with Crippen LogP contribution in [0.15, 0.2) is 27.1 Å². The van der Waals surface area contributed by atoms with E-state index >= 15 is 0 Å². The Kier molecular flexibility index (Phi) is 2.46. The van der Waals surface area contributed by atoms with Gasteiger partial charge in [-0.15, -0.1) is 0 Å². The smallest absolute Gasteiger partial charge is 0.202 e. The van der Waals surface area contributed by atoms with Gasteiger partial charge in [0.25, 0.3) is 0 Å². The van der Waals surface area contributed by atoms with E-state index in [0.29, 0.717) is 19.1 Å². The first-order valence-corrected chi connectivity index (χ1v) is 5.92. The largest absolute Gasteiger partial charge is 0.440 e. The standard InChI is InChI=1S/C11H11BrN2O2/c12-6-1-2-10-9(3-6)14-11(16-10)7-4-15-5-8(7)13/h1-3,7-8H,4-5,13H2. The first kappa shape index (κ1) is 10.3. The zero-order chi connectivity index (χ0) is 11.1. The molecule has 1 saturated heterocycles. The maximum Gasteiger partial charge on any atom is 0.202 e. The van der Waals surface area contributed by atoms with Crippen molar-refractivity contribution < 1.29 is 9.15 Å². The number of nitrogens with two attached hydrogens (primary N) is 1. The van der Waals surface area contributed by atoms with E-state index in [0.717, 1.165) is 15.6 Å². The molecule has 0 saturated carbocycles. The SMILES string of the molecule is NC1COCC1c1nc2cc(Br)ccc2o1. The Morgan fingerprint density at radius 1 is 1.38 bits per heavy atom. The molecule has 0 spiro atoms. The van der Waals surface area contributed by atoms with Crippen molar-refractivity contribution in [1.29, 1.82) is 0 Å². The molecule has 2 N–H and O–H groups in total. The Labute approximate surface area is 101 Å². The van der Waals surface area contributed by atoms with Gasteiger partial charge < -0.3 is 14.9 Å². The number of nitrogens with zero attached hydrogens (tertiary/aromatic N) is 1. The van der Waals surface area contributed by atoms with Crippen molar-refractivity contribution in [3.8, 4) is 0 Å². The van der Waals surface area contributed by atoms with Crippen LogP contribution in [0.2, 0.25) is 0 Å². The van der Waals surface area contributed by atoms with Crippen LogP contribution in [0.1, 0.15) is 11.8 Å². The van der Waals surface area contributed by atoms with Gasteiger partial charge in [-0.3, -0.25) is 0 Å². The molecular weight excluding hydrogens is 272 g/mol. The van der Waals surface area contributed by atoms with Crippen LogP contribution in [-0.2, 0) is 4.74 Å². The highest BCUT2D eigenvalue weighted by Crippen LogP contribution is 2.28. The molecule has 2 aromatic rings. The second-order valence-electron chi connectivity index (χ2n) is 3.97. The van der Waals surface area contributed by atoms with Crippen LogP contribution >= 0.6 is 15.9 Å². The van der Waals surface area contributed by atoms with Crippen LogP contribution in [0.3, 0.4) is 0 Å². The van der Waals surface area contributed by atoms with E-state index < -0.39 is 0 Å². The molecule has 1 fully saturated rings. The summed E-state index contributed by atoms with van der Waals surface area (Å²) in [5, 5.41) is 0. The molecule has 2 unspecified atom stereocenters. The second-order valence-corrected chi connectivity index (χ2v) is 4.89. The molecule has 16 heavy (non-hydrogen) atoms. The van der Waals surface area contributed by atoms with Crippen molar-refractivity contribution in [2.75, 3.05) is 13.2 Å². The maximum atomic E-state index is 5.93. The fraction of sp³-hybridized carbons (Fsp3) is 0.364. The molecule has 1 aromatic carbocycles. The molecule has 5 heteroatoms. The molecule has 1 aromatic heterocycles. The van der Waals surface area contributed by atoms with E-state index in [2.05, 4.69) is 20.9 Å². The van der Waals surface area contributed by atoms with Gasteiger partial charge >= 0.3 is 0 Å². The van der Waals surface area contributed by atoms with Gasteiger partial charge in [0.05, 0.1) is 19.1 Å². The van der Waals surface area contributed by atoms with E-state index in [-0.39, 0.29) is 12.0 Å². The van der Waals surface area contributed by atoms with Gasteiger partial charge in [-0.05, 0) is 18.2 Å². The summed E-state index contributed by atoms with van der Waals surface area (Å²) >= 11 is 3.41. The van der Waals surface area contributed by atoms with Crippen LogP contribution in [0.5, 0.6) is 0 Å². The average Bonchev–Trinajstić information content (AvgIpc) is 2.82. The fourth-order valence-corrected chi connectivity index (χ4v) is 2.25. The van der Waals surface area contributed by atoms with Crippen LogP contribution in [0.25, 0.3) is 11.1 Å². The Balaban J connectivity index is 2.04. The quantitative estimate of drug-likeness (QED) is 0.870. The fourth-order valence-electron chi connectivity index (χ4n) is 1.90. The summed E-state index contributed by atoms with van der Waals surface area (Å²) in [4.78, 5) is 4.45. The van der Waals surface area contributed by atoms with Gasteiger partial charge in [0.15, 0.2) is 5.58 Å². The molecule has 0 bridgehead atoms. The van der Waals surface area contributed by atoms with E-state index in [9.17, 15) is 0 Å². The zero-order valence-electron chi connectivity index (χ0n) is 8.52. The first-order valence-electron chi connectivity index (χ1n) is 5.13. The monoisotopic (exact) mass is 282 g/mol. The predicted molar refractivity (Wildman–Crippen MR) is 63.2 cm³/mol. The van der Waals surface area contributed by atoms with Crippen molar-refractivity contribution in [3.05, 3.63) is 28.6 Å². The van der Waals surface area contributed by atoms with E-state index in [4.69, 9.17) is 14.9 Å². The lowest BCUT2D eigenvalue weighted by molar-refractivity contribution is 0.188. The van der Waals surface area contributed by atoms with Crippen molar-refractivity contribution in [1.82, 2.24) is 4.98 Å². The lowest BCUT2D eigenvalue weighted by Gasteiger charge is -2.07. The summed E-state index contributed by atoms with van der Waals surface area (Å²) in [6.45, 7) is 1.17. The molecule has 84 valence electrons. The van der Waals surface area contributed by atoms with Crippen molar-refractivity contribution >= 4 is 27.0 Å². The Hall–Kier alpha value is -0.910. The summed E-state index contributed by atoms with van der Waals surface area (Å²) < 4.78 is 12.0. The molecule has 2 atom stereocenters. The molecule has 3 rings (SSSR count). The maximum absolute atomic E-state index is 5.93. The van der Waals surface area contributed by atoms with Gasteiger partial charge in [-0.25, -0.2) is 4.98 Å². The van der Waals surface area contributed by atoms with Crippen LogP contribution in [0.4, 0.5) is 0 Å². The minimum absolute atomic E-state index is 0.0171. The molecular formula is C11H11BrN2O2. The summed E-state index contributed by atoms with van der Waals surface area (Å²) in [6, 6.07) is 5.75. The number of oxazole rings is 1. The highest BCUT2D eigenvalue weighted by Gasteiger charge is 2.30. The minimum atomic E-state index is -0.0171. The number of aromatic nitrogens is 1. The first-order chi connectivity index (χ1) is 7.74. The normalized spacial score (nSPS) is 25.4.